The summed E-state index contributed by atoms with van der Waals surface area (Å²) in [5, 5.41) is 8.90. The molecule has 0 aromatic carbocycles. The molecule has 1 heterocycles. The third-order valence-electron chi connectivity index (χ3n) is 1.84. The van der Waals surface area contributed by atoms with Gasteiger partial charge in [0, 0.05) is 19.2 Å². The first-order valence-corrected chi connectivity index (χ1v) is 4.84. The van der Waals surface area contributed by atoms with E-state index < -0.39 is 0 Å². The summed E-state index contributed by atoms with van der Waals surface area (Å²) in [5.74, 6) is 0.0729. The minimum absolute atomic E-state index is 0.000724. The summed E-state index contributed by atoms with van der Waals surface area (Å²) >= 11 is 0. The van der Waals surface area contributed by atoms with E-state index in [4.69, 9.17) is 10.5 Å². The van der Waals surface area contributed by atoms with E-state index in [0.29, 0.717) is 24.7 Å². The fourth-order valence-corrected chi connectivity index (χ4v) is 1.13. The molecule has 6 nitrogen and oxygen atoms in total. The molecular formula is C9H16N4O2. The van der Waals surface area contributed by atoms with Crippen LogP contribution in [-0.4, -0.2) is 35.4 Å². The summed E-state index contributed by atoms with van der Waals surface area (Å²) < 4.78 is 5.27. The van der Waals surface area contributed by atoms with E-state index in [1.165, 1.54) is 6.07 Å². The molecule has 1 aromatic heterocycles. The lowest BCUT2D eigenvalue weighted by Crippen LogP contribution is -2.32. The first-order chi connectivity index (χ1) is 7.13. The van der Waals surface area contributed by atoms with Crippen molar-refractivity contribution in [3.8, 4) is 0 Å². The molecule has 1 rings (SSSR count). The third-order valence-corrected chi connectivity index (χ3v) is 1.84. The van der Waals surface area contributed by atoms with E-state index in [2.05, 4.69) is 15.5 Å². The van der Waals surface area contributed by atoms with E-state index >= 15 is 0 Å². The van der Waals surface area contributed by atoms with Crippen LogP contribution in [0.2, 0.25) is 0 Å². The van der Waals surface area contributed by atoms with Crippen LogP contribution in [0.3, 0.4) is 0 Å². The predicted octanol–water partition coefficient (Wildman–Crippen LogP) is 0.147. The number of rotatable bonds is 5. The van der Waals surface area contributed by atoms with Crippen LogP contribution in [0.1, 0.15) is 24.3 Å². The number of amides is 1. The number of nitrogen functional groups attached to an aromatic ring is 1. The van der Waals surface area contributed by atoms with Crippen LogP contribution < -0.4 is 11.1 Å². The van der Waals surface area contributed by atoms with Gasteiger partial charge >= 0.3 is 0 Å². The van der Waals surface area contributed by atoms with E-state index in [-0.39, 0.29) is 12.0 Å². The lowest BCUT2D eigenvalue weighted by Gasteiger charge is -2.11. The highest BCUT2D eigenvalue weighted by molar-refractivity contribution is 5.92. The van der Waals surface area contributed by atoms with Gasteiger partial charge in [-0.3, -0.25) is 9.89 Å². The standard InChI is InChI=1S/C9H16N4O2/c1-3-15-6(2)5-11-9(14)7-4-8(10)13-12-7/h4,6H,3,5H2,1-2H3,(H,11,14)(H3,10,12,13). The van der Waals surface area contributed by atoms with Gasteiger partial charge in [-0.05, 0) is 13.8 Å². The van der Waals surface area contributed by atoms with Gasteiger partial charge in [-0.1, -0.05) is 0 Å². The highest BCUT2D eigenvalue weighted by Gasteiger charge is 2.09. The Hall–Kier alpha value is -1.56. The molecule has 0 radical (unpaired) electrons. The van der Waals surface area contributed by atoms with E-state index in [9.17, 15) is 4.79 Å². The number of hydrogen-bond donors (Lipinski definition) is 3. The zero-order valence-electron chi connectivity index (χ0n) is 8.91. The summed E-state index contributed by atoms with van der Waals surface area (Å²) in [4.78, 5) is 11.5. The number of anilines is 1. The second-order valence-corrected chi connectivity index (χ2v) is 3.18. The molecule has 1 amide bonds. The molecule has 6 heteroatoms. The van der Waals surface area contributed by atoms with Crippen molar-refractivity contribution in [2.45, 2.75) is 20.0 Å². The Morgan fingerprint density at radius 2 is 2.53 bits per heavy atom. The molecule has 15 heavy (non-hydrogen) atoms. The van der Waals surface area contributed by atoms with Crippen molar-refractivity contribution in [1.29, 1.82) is 0 Å². The quantitative estimate of drug-likeness (QED) is 0.647. The van der Waals surface area contributed by atoms with Crippen LogP contribution in [0, 0.1) is 0 Å². The molecular weight excluding hydrogens is 196 g/mol. The second-order valence-electron chi connectivity index (χ2n) is 3.18. The Labute approximate surface area is 88.2 Å². The summed E-state index contributed by atoms with van der Waals surface area (Å²) in [6, 6.07) is 1.49. The molecule has 1 aromatic rings. The lowest BCUT2D eigenvalue weighted by atomic mass is 10.3. The zero-order valence-corrected chi connectivity index (χ0v) is 8.91. The Morgan fingerprint density at radius 3 is 3.07 bits per heavy atom. The van der Waals surface area contributed by atoms with Crippen LogP contribution in [0.5, 0.6) is 0 Å². The van der Waals surface area contributed by atoms with Gasteiger partial charge in [-0.15, -0.1) is 0 Å². The predicted molar refractivity (Wildman–Crippen MR) is 56.4 cm³/mol. The van der Waals surface area contributed by atoms with Crippen LogP contribution in [0.4, 0.5) is 5.82 Å². The SMILES string of the molecule is CCOC(C)CNC(=O)c1cc(N)n[nH]1. The molecule has 1 atom stereocenters. The Bertz CT molecular complexity index is 324. The lowest BCUT2D eigenvalue weighted by molar-refractivity contribution is 0.0693. The van der Waals surface area contributed by atoms with Gasteiger partial charge < -0.3 is 15.8 Å². The average Bonchev–Trinajstić information content (AvgIpc) is 2.62. The molecule has 1 unspecified atom stereocenters. The molecule has 0 bridgehead atoms. The molecule has 84 valence electrons. The van der Waals surface area contributed by atoms with Gasteiger partial charge in [0.25, 0.3) is 5.91 Å². The normalized spacial score (nSPS) is 12.4. The average molecular weight is 212 g/mol. The number of aromatic amines is 1. The Morgan fingerprint density at radius 1 is 1.80 bits per heavy atom. The van der Waals surface area contributed by atoms with E-state index in [0.717, 1.165) is 0 Å². The number of aromatic nitrogens is 2. The maximum absolute atomic E-state index is 11.5. The first kappa shape index (κ1) is 11.5. The first-order valence-electron chi connectivity index (χ1n) is 4.84. The molecule has 0 saturated heterocycles. The van der Waals surface area contributed by atoms with Crippen molar-refractivity contribution < 1.29 is 9.53 Å². The highest BCUT2D eigenvalue weighted by Crippen LogP contribution is 1.99. The molecule has 0 aliphatic heterocycles. The van der Waals surface area contributed by atoms with Crippen molar-refractivity contribution in [3.05, 3.63) is 11.8 Å². The number of ether oxygens (including phenoxy) is 1. The van der Waals surface area contributed by atoms with Crippen molar-refractivity contribution in [2.24, 2.45) is 0 Å². The molecule has 0 spiro atoms. The van der Waals surface area contributed by atoms with Crippen LogP contribution in [-0.2, 0) is 4.74 Å². The topological polar surface area (TPSA) is 93.0 Å². The highest BCUT2D eigenvalue weighted by atomic mass is 16.5. The fraction of sp³-hybridized carbons (Fsp3) is 0.556. The van der Waals surface area contributed by atoms with Gasteiger partial charge in [-0.2, -0.15) is 5.10 Å². The largest absolute Gasteiger partial charge is 0.382 e. The number of hydrogen-bond acceptors (Lipinski definition) is 4. The number of carbonyl (C=O) groups excluding carboxylic acids is 1. The molecule has 0 aliphatic rings. The molecule has 0 aliphatic carbocycles. The van der Waals surface area contributed by atoms with Crippen LogP contribution in [0.25, 0.3) is 0 Å². The summed E-state index contributed by atoms with van der Waals surface area (Å²) in [5.41, 5.74) is 5.73. The van der Waals surface area contributed by atoms with Crippen molar-refractivity contribution >= 4 is 11.7 Å². The number of nitrogens with one attached hydrogen (secondary N) is 2. The maximum Gasteiger partial charge on any atom is 0.269 e. The minimum Gasteiger partial charge on any atom is -0.382 e. The Kier molecular flexibility index (Phi) is 4.11. The zero-order chi connectivity index (χ0) is 11.3. The van der Waals surface area contributed by atoms with Crippen molar-refractivity contribution in [1.82, 2.24) is 15.5 Å². The molecule has 0 saturated carbocycles. The van der Waals surface area contributed by atoms with Gasteiger partial charge in [0.05, 0.1) is 6.10 Å². The van der Waals surface area contributed by atoms with Crippen LogP contribution >= 0.6 is 0 Å². The van der Waals surface area contributed by atoms with Crippen LogP contribution in [0.15, 0.2) is 6.07 Å². The number of carbonyl (C=O) groups is 1. The van der Waals surface area contributed by atoms with Crippen molar-refractivity contribution in [3.63, 3.8) is 0 Å². The third kappa shape index (κ3) is 3.59. The van der Waals surface area contributed by atoms with Crippen molar-refractivity contribution in [2.75, 3.05) is 18.9 Å². The van der Waals surface area contributed by atoms with E-state index in [1.54, 1.807) is 0 Å². The number of H-pyrrole nitrogens is 1. The van der Waals surface area contributed by atoms with E-state index in [1.807, 2.05) is 13.8 Å². The number of nitrogens with two attached hydrogens (primary N) is 1. The maximum atomic E-state index is 11.5. The molecule has 4 N–H and O–H groups in total. The fourth-order valence-electron chi connectivity index (χ4n) is 1.13. The van der Waals surface area contributed by atoms with Gasteiger partial charge in [-0.25, -0.2) is 0 Å². The van der Waals surface area contributed by atoms with Gasteiger partial charge in [0.15, 0.2) is 0 Å². The minimum atomic E-state index is -0.231. The summed E-state index contributed by atoms with van der Waals surface area (Å²) in [6.07, 6.45) is -0.000724. The summed E-state index contributed by atoms with van der Waals surface area (Å²) in [6.45, 7) is 4.90. The van der Waals surface area contributed by atoms with Gasteiger partial charge in [0.1, 0.15) is 11.5 Å². The van der Waals surface area contributed by atoms with Gasteiger partial charge in [0.2, 0.25) is 0 Å². The molecule has 0 fully saturated rings. The monoisotopic (exact) mass is 212 g/mol. The Balaban J connectivity index is 2.36. The smallest absolute Gasteiger partial charge is 0.269 e. The number of nitrogens with zero attached hydrogens (tertiary/aromatic N) is 1. The summed E-state index contributed by atoms with van der Waals surface area (Å²) in [7, 11) is 0. The second kappa shape index (κ2) is 5.35.